The zero-order chi connectivity index (χ0) is 8.55. The summed E-state index contributed by atoms with van der Waals surface area (Å²) >= 11 is 0. The van der Waals surface area contributed by atoms with Gasteiger partial charge in [-0.05, 0) is 32.9 Å². The molecule has 0 unspecified atom stereocenters. The zero-order valence-electron chi connectivity index (χ0n) is 7.45. The van der Waals surface area contributed by atoms with Gasteiger partial charge in [0.25, 0.3) is 0 Å². The lowest BCUT2D eigenvalue weighted by Gasteiger charge is -2.34. The number of carbonyl (C=O) groups is 1. The molecule has 0 bridgehead atoms. The predicted octanol–water partition coefficient (Wildman–Crippen LogP) is 0.644. The SMILES string of the molecule is C[C@@H]1OC(=O)[C@@H]1CN1CCCC1. The van der Waals surface area contributed by atoms with Gasteiger partial charge in [-0.15, -0.1) is 0 Å². The Kier molecular flexibility index (Phi) is 2.05. The molecule has 3 heteroatoms. The minimum Gasteiger partial charge on any atom is -0.461 e. The smallest absolute Gasteiger partial charge is 0.314 e. The first kappa shape index (κ1) is 8.05. The van der Waals surface area contributed by atoms with Gasteiger partial charge in [0.05, 0.1) is 0 Å². The highest BCUT2D eigenvalue weighted by Crippen LogP contribution is 2.24. The van der Waals surface area contributed by atoms with Crippen LogP contribution in [0.15, 0.2) is 0 Å². The van der Waals surface area contributed by atoms with Crippen LogP contribution in [0, 0.1) is 5.92 Å². The maximum Gasteiger partial charge on any atom is 0.314 e. The van der Waals surface area contributed by atoms with Gasteiger partial charge in [0.1, 0.15) is 12.0 Å². The molecule has 0 saturated carbocycles. The molecule has 2 atom stereocenters. The second-order valence-electron chi connectivity index (χ2n) is 3.76. The molecule has 0 amide bonds. The summed E-state index contributed by atoms with van der Waals surface area (Å²) in [6.07, 6.45) is 2.73. The zero-order valence-corrected chi connectivity index (χ0v) is 7.45. The van der Waals surface area contributed by atoms with Crippen LogP contribution in [-0.4, -0.2) is 36.6 Å². The molecule has 0 aliphatic carbocycles. The first-order chi connectivity index (χ1) is 5.77. The Morgan fingerprint density at radius 2 is 2.17 bits per heavy atom. The lowest BCUT2D eigenvalue weighted by Crippen LogP contribution is -2.49. The molecule has 2 aliphatic heterocycles. The number of carbonyl (C=O) groups excluding carboxylic acids is 1. The van der Waals surface area contributed by atoms with E-state index in [9.17, 15) is 4.79 Å². The maximum absolute atomic E-state index is 11.0. The van der Waals surface area contributed by atoms with E-state index >= 15 is 0 Å². The van der Waals surface area contributed by atoms with Gasteiger partial charge in [-0.25, -0.2) is 0 Å². The van der Waals surface area contributed by atoms with Crippen LogP contribution in [0.2, 0.25) is 0 Å². The van der Waals surface area contributed by atoms with Crippen LogP contribution in [0.3, 0.4) is 0 Å². The highest BCUT2D eigenvalue weighted by Gasteiger charge is 2.40. The monoisotopic (exact) mass is 169 g/mol. The number of esters is 1. The number of hydrogen-bond donors (Lipinski definition) is 0. The largest absolute Gasteiger partial charge is 0.461 e. The molecule has 0 spiro atoms. The molecule has 2 heterocycles. The normalized spacial score (nSPS) is 36.2. The van der Waals surface area contributed by atoms with E-state index in [4.69, 9.17) is 4.74 Å². The Labute approximate surface area is 72.7 Å². The molecule has 12 heavy (non-hydrogen) atoms. The molecule has 68 valence electrons. The Balaban J connectivity index is 1.81. The first-order valence-electron chi connectivity index (χ1n) is 4.70. The molecule has 2 fully saturated rings. The standard InChI is InChI=1S/C9H15NO2/c1-7-8(9(11)12-7)6-10-4-2-3-5-10/h7-8H,2-6H2,1H3/t7-,8+/m0/s1. The van der Waals surface area contributed by atoms with Gasteiger partial charge in [0, 0.05) is 6.54 Å². The van der Waals surface area contributed by atoms with Crippen LogP contribution in [0.4, 0.5) is 0 Å². The molecule has 2 aliphatic rings. The van der Waals surface area contributed by atoms with Crippen molar-refractivity contribution < 1.29 is 9.53 Å². The van der Waals surface area contributed by atoms with Gasteiger partial charge in [-0.3, -0.25) is 4.79 Å². The van der Waals surface area contributed by atoms with E-state index in [2.05, 4.69) is 4.90 Å². The van der Waals surface area contributed by atoms with Crippen LogP contribution in [-0.2, 0) is 9.53 Å². The fourth-order valence-electron chi connectivity index (χ4n) is 1.94. The van der Waals surface area contributed by atoms with Crippen LogP contribution < -0.4 is 0 Å². The lowest BCUT2D eigenvalue weighted by atomic mass is 9.98. The molecule has 0 aromatic carbocycles. The Morgan fingerprint density at radius 3 is 2.67 bits per heavy atom. The van der Waals surface area contributed by atoms with Crippen molar-refractivity contribution in [1.82, 2.24) is 4.90 Å². The molecular formula is C9H15NO2. The fourth-order valence-corrected chi connectivity index (χ4v) is 1.94. The number of nitrogens with zero attached hydrogens (tertiary/aromatic N) is 1. The van der Waals surface area contributed by atoms with Gasteiger partial charge in [-0.1, -0.05) is 0 Å². The van der Waals surface area contributed by atoms with Crippen LogP contribution in [0.25, 0.3) is 0 Å². The van der Waals surface area contributed by atoms with Crippen molar-refractivity contribution in [3.8, 4) is 0 Å². The maximum atomic E-state index is 11.0. The van der Waals surface area contributed by atoms with Crippen molar-refractivity contribution in [3.05, 3.63) is 0 Å². The fraction of sp³-hybridized carbons (Fsp3) is 0.889. The number of rotatable bonds is 2. The first-order valence-corrected chi connectivity index (χ1v) is 4.70. The van der Waals surface area contributed by atoms with Crippen molar-refractivity contribution in [2.75, 3.05) is 19.6 Å². The van der Waals surface area contributed by atoms with Crippen molar-refractivity contribution >= 4 is 5.97 Å². The van der Waals surface area contributed by atoms with Crippen LogP contribution >= 0.6 is 0 Å². The number of cyclic esters (lactones) is 1. The van der Waals surface area contributed by atoms with E-state index in [0.717, 1.165) is 19.6 Å². The van der Waals surface area contributed by atoms with E-state index < -0.39 is 0 Å². The van der Waals surface area contributed by atoms with E-state index in [1.165, 1.54) is 12.8 Å². The van der Waals surface area contributed by atoms with E-state index in [1.807, 2.05) is 6.92 Å². The van der Waals surface area contributed by atoms with Gasteiger partial charge in [0.15, 0.2) is 0 Å². The van der Waals surface area contributed by atoms with Gasteiger partial charge >= 0.3 is 5.97 Å². The van der Waals surface area contributed by atoms with E-state index in [0.29, 0.717) is 0 Å². The summed E-state index contributed by atoms with van der Waals surface area (Å²) < 4.78 is 4.90. The van der Waals surface area contributed by atoms with Gasteiger partial charge in [-0.2, -0.15) is 0 Å². The topological polar surface area (TPSA) is 29.5 Å². The lowest BCUT2D eigenvalue weighted by molar-refractivity contribution is -0.183. The highest BCUT2D eigenvalue weighted by molar-refractivity contribution is 5.78. The Morgan fingerprint density at radius 1 is 1.50 bits per heavy atom. The summed E-state index contributed by atoms with van der Waals surface area (Å²) in [7, 11) is 0. The van der Waals surface area contributed by atoms with E-state index in [1.54, 1.807) is 0 Å². The molecule has 0 aromatic heterocycles. The minimum absolute atomic E-state index is 0.00519. The Bertz CT molecular complexity index is 187. The van der Waals surface area contributed by atoms with Crippen molar-refractivity contribution in [1.29, 1.82) is 0 Å². The highest BCUT2D eigenvalue weighted by atomic mass is 16.6. The summed E-state index contributed by atoms with van der Waals surface area (Å²) in [5.41, 5.74) is 0. The summed E-state index contributed by atoms with van der Waals surface area (Å²) in [4.78, 5) is 13.3. The second kappa shape index (κ2) is 3.05. The quantitative estimate of drug-likeness (QED) is 0.568. The number of likely N-dealkylation sites (tertiary alicyclic amines) is 1. The third-order valence-electron chi connectivity index (χ3n) is 2.83. The summed E-state index contributed by atoms with van der Waals surface area (Å²) in [5, 5.41) is 0. The molecule has 0 N–H and O–H groups in total. The minimum atomic E-state index is -0.00519. The summed E-state index contributed by atoms with van der Waals surface area (Å²) in [6.45, 7) is 5.22. The Hall–Kier alpha value is -0.570. The molecule has 2 saturated heterocycles. The average molecular weight is 169 g/mol. The molecule has 0 aromatic rings. The van der Waals surface area contributed by atoms with Crippen molar-refractivity contribution in [2.24, 2.45) is 5.92 Å². The third kappa shape index (κ3) is 1.33. The van der Waals surface area contributed by atoms with Crippen molar-refractivity contribution in [2.45, 2.75) is 25.9 Å². The summed E-state index contributed by atoms with van der Waals surface area (Å²) in [5.74, 6) is 0.150. The molecule has 2 rings (SSSR count). The van der Waals surface area contributed by atoms with Crippen LogP contribution in [0.5, 0.6) is 0 Å². The van der Waals surface area contributed by atoms with Gasteiger partial charge < -0.3 is 9.64 Å². The van der Waals surface area contributed by atoms with Crippen molar-refractivity contribution in [3.63, 3.8) is 0 Å². The van der Waals surface area contributed by atoms with Gasteiger partial charge in [0.2, 0.25) is 0 Å². The third-order valence-corrected chi connectivity index (χ3v) is 2.83. The molecule has 3 nitrogen and oxygen atoms in total. The van der Waals surface area contributed by atoms with E-state index in [-0.39, 0.29) is 18.0 Å². The molecule has 0 radical (unpaired) electrons. The average Bonchev–Trinajstić information content (AvgIpc) is 2.52. The van der Waals surface area contributed by atoms with Crippen LogP contribution in [0.1, 0.15) is 19.8 Å². The summed E-state index contributed by atoms with van der Waals surface area (Å²) in [6, 6.07) is 0. The number of ether oxygens (including phenoxy) is 1. The second-order valence-corrected chi connectivity index (χ2v) is 3.76. The number of hydrogen-bond acceptors (Lipinski definition) is 3. The predicted molar refractivity (Wildman–Crippen MR) is 44.7 cm³/mol. The molecular weight excluding hydrogens is 154 g/mol.